The van der Waals surface area contributed by atoms with Crippen molar-refractivity contribution in [3.05, 3.63) is 38.9 Å². The number of nitro benzene ring substituents is 1. The van der Waals surface area contributed by atoms with Gasteiger partial charge in [-0.3, -0.25) is 14.9 Å². The first-order chi connectivity index (χ1) is 8.83. The van der Waals surface area contributed by atoms with E-state index in [9.17, 15) is 20.0 Å². The van der Waals surface area contributed by atoms with E-state index in [0.29, 0.717) is 6.42 Å². The molecule has 0 saturated carbocycles. The second-order valence-electron chi connectivity index (χ2n) is 4.45. The molecule has 1 aromatic carbocycles. The third-order valence-electron chi connectivity index (χ3n) is 2.95. The number of carbonyl (C=O) groups is 1. The fraction of sp³-hybridized carbons (Fsp3) is 0.417. The summed E-state index contributed by atoms with van der Waals surface area (Å²) in [7, 11) is 0. The minimum atomic E-state index is -0.748. The Morgan fingerprint density at radius 2 is 2.21 bits per heavy atom. The first-order valence-electron chi connectivity index (χ1n) is 5.70. The van der Waals surface area contributed by atoms with Gasteiger partial charge in [-0.2, -0.15) is 0 Å². The van der Waals surface area contributed by atoms with Gasteiger partial charge < -0.3 is 10.4 Å². The lowest BCUT2D eigenvalue weighted by molar-refractivity contribution is -0.384. The molecule has 19 heavy (non-hydrogen) atoms. The smallest absolute Gasteiger partial charge is 0.270 e. The Hall–Kier alpha value is -1.66. The molecule has 1 rings (SSSR count). The van der Waals surface area contributed by atoms with E-state index in [1.54, 1.807) is 6.92 Å². The molecule has 0 fully saturated rings. The van der Waals surface area contributed by atoms with Crippen LogP contribution in [-0.4, -0.2) is 28.1 Å². The van der Waals surface area contributed by atoms with Crippen LogP contribution in [-0.2, 0) is 0 Å². The van der Waals surface area contributed by atoms with E-state index < -0.39 is 16.4 Å². The standard InChI is InChI=1S/C12H15ClN2O4/c1-3-12(2,7-16)14-11(17)9-5-4-8(15(18)19)6-10(9)13/h4-6,16H,3,7H2,1-2H3,(H,14,17). The number of amides is 1. The lowest BCUT2D eigenvalue weighted by atomic mass is 9.99. The van der Waals surface area contributed by atoms with Gasteiger partial charge in [-0.05, 0) is 19.4 Å². The average molecular weight is 287 g/mol. The number of aliphatic hydroxyl groups excluding tert-OH is 1. The molecule has 0 aliphatic carbocycles. The summed E-state index contributed by atoms with van der Waals surface area (Å²) >= 11 is 5.86. The van der Waals surface area contributed by atoms with Gasteiger partial charge in [0.15, 0.2) is 0 Å². The van der Waals surface area contributed by atoms with E-state index in [4.69, 9.17) is 11.6 Å². The van der Waals surface area contributed by atoms with Crippen LogP contribution in [0.25, 0.3) is 0 Å². The molecule has 0 aliphatic heterocycles. The van der Waals surface area contributed by atoms with Gasteiger partial charge in [0.1, 0.15) is 0 Å². The molecule has 0 spiro atoms. The predicted molar refractivity (Wildman–Crippen MR) is 71.4 cm³/mol. The maximum atomic E-state index is 12.0. The third-order valence-corrected chi connectivity index (χ3v) is 3.27. The highest BCUT2D eigenvalue weighted by Crippen LogP contribution is 2.23. The second-order valence-corrected chi connectivity index (χ2v) is 4.85. The quantitative estimate of drug-likeness (QED) is 0.640. The molecule has 0 saturated heterocycles. The summed E-state index contributed by atoms with van der Waals surface area (Å²) in [6, 6.07) is 3.63. The van der Waals surface area contributed by atoms with Crippen LogP contribution >= 0.6 is 11.6 Å². The number of aliphatic hydroxyl groups is 1. The molecule has 1 aromatic rings. The second kappa shape index (κ2) is 5.99. The zero-order valence-corrected chi connectivity index (χ0v) is 11.4. The van der Waals surface area contributed by atoms with Crippen LogP contribution in [0, 0.1) is 10.1 Å². The average Bonchev–Trinajstić information content (AvgIpc) is 2.38. The van der Waals surface area contributed by atoms with Crippen molar-refractivity contribution in [3.63, 3.8) is 0 Å². The molecule has 0 aliphatic rings. The van der Waals surface area contributed by atoms with Crippen molar-refractivity contribution in [2.75, 3.05) is 6.61 Å². The minimum absolute atomic E-state index is 0.00286. The molecular formula is C12H15ClN2O4. The monoisotopic (exact) mass is 286 g/mol. The van der Waals surface area contributed by atoms with Gasteiger partial charge in [0.05, 0.1) is 27.7 Å². The SMILES string of the molecule is CCC(C)(CO)NC(=O)c1ccc([N+](=O)[O-])cc1Cl. The maximum Gasteiger partial charge on any atom is 0.270 e. The number of benzene rings is 1. The summed E-state index contributed by atoms with van der Waals surface area (Å²) in [4.78, 5) is 22.0. The van der Waals surface area contributed by atoms with E-state index in [-0.39, 0.29) is 22.9 Å². The number of rotatable bonds is 5. The molecular weight excluding hydrogens is 272 g/mol. The van der Waals surface area contributed by atoms with Gasteiger partial charge in [0, 0.05) is 12.1 Å². The van der Waals surface area contributed by atoms with Gasteiger partial charge in [0.2, 0.25) is 0 Å². The van der Waals surface area contributed by atoms with Gasteiger partial charge in [-0.1, -0.05) is 18.5 Å². The normalized spacial score (nSPS) is 13.7. The maximum absolute atomic E-state index is 12.0. The Kier molecular flexibility index (Phi) is 4.85. The lowest BCUT2D eigenvalue weighted by Crippen LogP contribution is -2.48. The highest BCUT2D eigenvalue weighted by Gasteiger charge is 2.25. The van der Waals surface area contributed by atoms with Crippen molar-refractivity contribution in [1.29, 1.82) is 0 Å². The molecule has 6 nitrogen and oxygen atoms in total. The number of nitro groups is 1. The fourth-order valence-electron chi connectivity index (χ4n) is 1.38. The van der Waals surface area contributed by atoms with Crippen LogP contribution in [0.15, 0.2) is 18.2 Å². The third kappa shape index (κ3) is 3.65. The largest absolute Gasteiger partial charge is 0.394 e. The molecule has 1 amide bonds. The Labute approximate surface area is 115 Å². The zero-order chi connectivity index (χ0) is 14.6. The van der Waals surface area contributed by atoms with Crippen LogP contribution in [0.1, 0.15) is 30.6 Å². The van der Waals surface area contributed by atoms with Crippen LogP contribution in [0.5, 0.6) is 0 Å². The van der Waals surface area contributed by atoms with Crippen LogP contribution in [0.2, 0.25) is 5.02 Å². The molecule has 1 atom stereocenters. The summed E-state index contributed by atoms with van der Waals surface area (Å²) in [5, 5.41) is 22.5. The summed E-state index contributed by atoms with van der Waals surface area (Å²) in [6.45, 7) is 3.32. The van der Waals surface area contributed by atoms with E-state index in [2.05, 4.69) is 5.32 Å². The molecule has 0 bridgehead atoms. The highest BCUT2D eigenvalue weighted by molar-refractivity contribution is 6.34. The van der Waals surface area contributed by atoms with Crippen molar-refractivity contribution < 1.29 is 14.8 Å². The molecule has 0 aromatic heterocycles. The minimum Gasteiger partial charge on any atom is -0.394 e. The molecule has 0 heterocycles. The number of carbonyl (C=O) groups excluding carboxylic acids is 1. The van der Waals surface area contributed by atoms with E-state index in [1.807, 2.05) is 6.92 Å². The molecule has 104 valence electrons. The van der Waals surface area contributed by atoms with E-state index in [0.717, 1.165) is 6.07 Å². The summed E-state index contributed by atoms with van der Waals surface area (Å²) < 4.78 is 0. The Morgan fingerprint density at radius 1 is 1.58 bits per heavy atom. The molecule has 2 N–H and O–H groups in total. The van der Waals surface area contributed by atoms with Crippen molar-refractivity contribution in [1.82, 2.24) is 5.32 Å². The fourth-order valence-corrected chi connectivity index (χ4v) is 1.64. The van der Waals surface area contributed by atoms with Gasteiger partial charge in [-0.15, -0.1) is 0 Å². The first kappa shape index (κ1) is 15.4. The van der Waals surface area contributed by atoms with Crippen LogP contribution in [0.3, 0.4) is 0 Å². The summed E-state index contributed by atoms with van der Waals surface area (Å²) in [5.41, 5.74) is -0.787. The number of hydrogen-bond donors (Lipinski definition) is 2. The first-order valence-corrected chi connectivity index (χ1v) is 6.08. The predicted octanol–water partition coefficient (Wildman–Crippen LogP) is 2.14. The molecule has 1 unspecified atom stereocenters. The number of non-ortho nitro benzene ring substituents is 1. The Morgan fingerprint density at radius 3 is 2.63 bits per heavy atom. The molecule has 7 heteroatoms. The summed E-state index contributed by atoms with van der Waals surface area (Å²) in [5.74, 6) is -0.474. The van der Waals surface area contributed by atoms with Crippen LogP contribution < -0.4 is 5.32 Å². The zero-order valence-electron chi connectivity index (χ0n) is 10.6. The number of hydrogen-bond acceptors (Lipinski definition) is 4. The van der Waals surface area contributed by atoms with Crippen molar-refractivity contribution in [3.8, 4) is 0 Å². The van der Waals surface area contributed by atoms with Crippen molar-refractivity contribution in [2.45, 2.75) is 25.8 Å². The highest BCUT2D eigenvalue weighted by atomic mass is 35.5. The number of nitrogens with zero attached hydrogens (tertiary/aromatic N) is 1. The summed E-state index contributed by atoms with van der Waals surface area (Å²) in [6.07, 6.45) is 0.542. The Balaban J connectivity index is 2.98. The van der Waals surface area contributed by atoms with Crippen LogP contribution in [0.4, 0.5) is 5.69 Å². The lowest BCUT2D eigenvalue weighted by Gasteiger charge is -2.27. The van der Waals surface area contributed by atoms with E-state index >= 15 is 0 Å². The molecule has 0 radical (unpaired) electrons. The van der Waals surface area contributed by atoms with Gasteiger partial charge in [-0.25, -0.2) is 0 Å². The van der Waals surface area contributed by atoms with E-state index in [1.165, 1.54) is 12.1 Å². The van der Waals surface area contributed by atoms with Gasteiger partial charge in [0.25, 0.3) is 11.6 Å². The topological polar surface area (TPSA) is 92.5 Å². The van der Waals surface area contributed by atoms with Crippen molar-refractivity contribution >= 4 is 23.2 Å². The number of nitrogens with one attached hydrogen (secondary N) is 1. The number of halogens is 1. The van der Waals surface area contributed by atoms with Gasteiger partial charge >= 0.3 is 0 Å². The van der Waals surface area contributed by atoms with Crippen molar-refractivity contribution in [2.24, 2.45) is 0 Å². The Bertz CT molecular complexity index is 501.